The van der Waals surface area contributed by atoms with Gasteiger partial charge in [-0.05, 0) is 44.4 Å². The van der Waals surface area contributed by atoms with E-state index in [-0.39, 0.29) is 40.6 Å². The van der Waals surface area contributed by atoms with Crippen molar-refractivity contribution in [2.45, 2.75) is 65.8 Å². The Bertz CT molecular complexity index is 1510. The van der Waals surface area contributed by atoms with Crippen LogP contribution in [0, 0.1) is 0 Å². The lowest BCUT2D eigenvalue weighted by molar-refractivity contribution is -0.167. The number of halogens is 3. The molecular formula is C29H35F3N4O6. The van der Waals surface area contributed by atoms with Crippen LogP contribution < -0.4 is 24.8 Å². The van der Waals surface area contributed by atoms with E-state index in [2.05, 4.69) is 10.3 Å². The minimum Gasteiger partial charge on any atom is -0.493 e. The molecule has 13 heteroatoms. The first-order chi connectivity index (χ1) is 19.5. The second-order valence-electron chi connectivity index (χ2n) is 10.7. The summed E-state index contributed by atoms with van der Waals surface area (Å²) in [5, 5.41) is 4.47. The number of rotatable bonds is 10. The van der Waals surface area contributed by atoms with Crippen LogP contribution in [0.15, 0.2) is 24.4 Å². The van der Waals surface area contributed by atoms with Gasteiger partial charge in [-0.1, -0.05) is 20.8 Å². The summed E-state index contributed by atoms with van der Waals surface area (Å²) in [7, 11) is 2.86. The lowest BCUT2D eigenvalue weighted by atomic mass is 9.84. The number of fused-ring (bicyclic) bond motifs is 1. The highest BCUT2D eigenvalue weighted by atomic mass is 19.4. The van der Waals surface area contributed by atoms with Gasteiger partial charge >= 0.3 is 12.1 Å². The van der Waals surface area contributed by atoms with Crippen LogP contribution in [-0.2, 0) is 16.8 Å². The summed E-state index contributed by atoms with van der Waals surface area (Å²) in [4.78, 5) is 42.4. The zero-order chi connectivity index (χ0) is 31.6. The SMILES string of the molecule is CCOc1cc2cn(CC(=O)c3cc(OC(C)C)c(OC)c(C(C)(C)C)c3)c(NC(=O)C(F)(F)F)c2nc1C(=O)NC. The number of methoxy groups -OCH3 is 1. The summed E-state index contributed by atoms with van der Waals surface area (Å²) >= 11 is 0. The van der Waals surface area contributed by atoms with Gasteiger partial charge in [-0.3, -0.25) is 14.4 Å². The minimum absolute atomic E-state index is 0.0852. The average molecular weight is 593 g/mol. The maximum atomic E-state index is 13.7. The van der Waals surface area contributed by atoms with E-state index in [0.29, 0.717) is 17.1 Å². The monoisotopic (exact) mass is 592 g/mol. The standard InChI is InChI=1S/C29H35F3N4O6/c1-9-41-20-12-17-13-36(25(35-27(39)29(30,31)32)22(17)34-23(20)26(38)33-7)14-19(37)16-10-18(28(4,5)6)24(40-8)21(11-16)42-15(2)3/h10-13,15H,9,14H2,1-8H3,(H,33,38)(H,35,39). The summed E-state index contributed by atoms with van der Waals surface area (Å²) in [5.74, 6) is -2.92. The fourth-order valence-electron chi connectivity index (χ4n) is 4.26. The largest absolute Gasteiger partial charge is 0.493 e. The number of alkyl halides is 3. The van der Waals surface area contributed by atoms with Crippen molar-refractivity contribution in [3.8, 4) is 17.2 Å². The van der Waals surface area contributed by atoms with Gasteiger partial charge in [-0.25, -0.2) is 4.98 Å². The molecule has 1 aromatic carbocycles. The van der Waals surface area contributed by atoms with E-state index in [1.165, 1.54) is 32.5 Å². The van der Waals surface area contributed by atoms with Crippen molar-refractivity contribution >= 4 is 34.3 Å². The van der Waals surface area contributed by atoms with Crippen LogP contribution in [0.2, 0.25) is 0 Å². The lowest BCUT2D eigenvalue weighted by Crippen LogP contribution is -2.31. The minimum atomic E-state index is -5.22. The van der Waals surface area contributed by atoms with Crippen molar-refractivity contribution in [3.63, 3.8) is 0 Å². The molecule has 0 aliphatic rings. The zero-order valence-corrected chi connectivity index (χ0v) is 24.8. The third kappa shape index (κ3) is 6.94. The number of carbonyl (C=O) groups is 3. The Hall–Kier alpha value is -4.29. The fraction of sp³-hybridized carbons (Fsp3) is 0.448. The van der Waals surface area contributed by atoms with E-state index >= 15 is 0 Å². The Morgan fingerprint density at radius 3 is 2.26 bits per heavy atom. The summed E-state index contributed by atoms with van der Waals surface area (Å²) in [6.45, 7) is 10.9. The number of ether oxygens (including phenoxy) is 3. The molecule has 0 aliphatic carbocycles. The van der Waals surface area contributed by atoms with E-state index in [4.69, 9.17) is 14.2 Å². The van der Waals surface area contributed by atoms with Crippen LogP contribution in [-0.4, -0.2) is 60.2 Å². The summed E-state index contributed by atoms with van der Waals surface area (Å²) in [5.41, 5.74) is 0.125. The van der Waals surface area contributed by atoms with E-state index in [1.54, 1.807) is 13.0 Å². The molecule has 0 bridgehead atoms. The molecule has 3 aromatic rings. The number of hydrogen-bond donors (Lipinski definition) is 2. The molecule has 42 heavy (non-hydrogen) atoms. The maximum absolute atomic E-state index is 13.7. The number of carbonyl (C=O) groups excluding carboxylic acids is 3. The summed E-state index contributed by atoms with van der Waals surface area (Å²) in [6.07, 6.45) is -4.10. The van der Waals surface area contributed by atoms with E-state index in [0.717, 1.165) is 4.57 Å². The highest BCUT2D eigenvalue weighted by Crippen LogP contribution is 2.40. The Labute approximate surface area is 241 Å². The molecule has 228 valence electrons. The number of pyridine rings is 1. The number of anilines is 1. The van der Waals surface area contributed by atoms with Crippen molar-refractivity contribution < 1.29 is 41.8 Å². The molecule has 2 aromatic heterocycles. The Kier molecular flexibility index (Phi) is 9.43. The smallest absolute Gasteiger partial charge is 0.471 e. The van der Waals surface area contributed by atoms with Crippen molar-refractivity contribution in [2.75, 3.05) is 26.1 Å². The van der Waals surface area contributed by atoms with Crippen molar-refractivity contribution in [1.29, 1.82) is 0 Å². The number of ketones is 1. The van der Waals surface area contributed by atoms with Gasteiger partial charge in [0.2, 0.25) is 0 Å². The van der Waals surface area contributed by atoms with Gasteiger partial charge < -0.3 is 29.4 Å². The van der Waals surface area contributed by atoms with Gasteiger partial charge in [-0.2, -0.15) is 13.2 Å². The van der Waals surface area contributed by atoms with Crippen LogP contribution in [0.5, 0.6) is 17.2 Å². The number of nitrogens with one attached hydrogen (secondary N) is 2. The molecule has 0 saturated carbocycles. The lowest BCUT2D eigenvalue weighted by Gasteiger charge is -2.25. The second-order valence-corrected chi connectivity index (χ2v) is 10.7. The first-order valence-electron chi connectivity index (χ1n) is 13.2. The van der Waals surface area contributed by atoms with Gasteiger partial charge in [0.1, 0.15) is 11.3 Å². The average Bonchev–Trinajstić information content (AvgIpc) is 3.21. The summed E-state index contributed by atoms with van der Waals surface area (Å²) in [6, 6.07) is 4.59. The number of nitrogens with zero attached hydrogens (tertiary/aromatic N) is 2. The highest BCUT2D eigenvalue weighted by Gasteiger charge is 2.40. The maximum Gasteiger partial charge on any atom is 0.471 e. The third-order valence-electron chi connectivity index (χ3n) is 6.12. The number of hydrogen-bond acceptors (Lipinski definition) is 7. The Morgan fingerprint density at radius 2 is 1.74 bits per heavy atom. The van der Waals surface area contributed by atoms with E-state index < -0.39 is 41.6 Å². The second kappa shape index (κ2) is 12.3. The molecule has 0 aliphatic heterocycles. The molecular weight excluding hydrogens is 557 g/mol. The fourth-order valence-corrected chi connectivity index (χ4v) is 4.26. The zero-order valence-electron chi connectivity index (χ0n) is 24.8. The first kappa shape index (κ1) is 32.2. The molecule has 0 fully saturated rings. The molecule has 2 amide bonds. The van der Waals surface area contributed by atoms with Crippen LogP contribution in [0.1, 0.15) is 68.0 Å². The molecule has 0 saturated heterocycles. The number of Topliss-reactive ketones (excluding diaryl/α,β-unsaturated/α-hetero) is 1. The quantitative estimate of drug-likeness (QED) is 0.308. The number of benzene rings is 1. The Balaban J connectivity index is 2.21. The Morgan fingerprint density at radius 1 is 1.07 bits per heavy atom. The van der Waals surface area contributed by atoms with Crippen LogP contribution in [0.4, 0.5) is 19.0 Å². The van der Waals surface area contributed by atoms with Crippen LogP contribution in [0.25, 0.3) is 10.9 Å². The number of amides is 2. The number of aromatic nitrogens is 2. The summed E-state index contributed by atoms with van der Waals surface area (Å²) < 4.78 is 58.1. The van der Waals surface area contributed by atoms with Gasteiger partial charge in [0.25, 0.3) is 5.91 Å². The molecule has 0 radical (unpaired) electrons. The normalized spacial score (nSPS) is 11.9. The molecule has 0 unspecified atom stereocenters. The highest BCUT2D eigenvalue weighted by molar-refractivity contribution is 6.05. The topological polar surface area (TPSA) is 121 Å². The molecule has 0 spiro atoms. The van der Waals surface area contributed by atoms with Crippen molar-refractivity contribution in [2.24, 2.45) is 0 Å². The van der Waals surface area contributed by atoms with E-state index in [9.17, 15) is 27.6 Å². The third-order valence-corrected chi connectivity index (χ3v) is 6.12. The molecule has 3 rings (SSSR count). The molecule has 0 atom stereocenters. The van der Waals surface area contributed by atoms with Crippen LogP contribution >= 0.6 is 0 Å². The van der Waals surface area contributed by atoms with E-state index in [1.807, 2.05) is 39.9 Å². The molecule has 2 N–H and O–H groups in total. The van der Waals surface area contributed by atoms with Gasteiger partial charge in [0.05, 0.1) is 26.4 Å². The van der Waals surface area contributed by atoms with Gasteiger partial charge in [-0.15, -0.1) is 0 Å². The predicted molar refractivity (Wildman–Crippen MR) is 151 cm³/mol. The van der Waals surface area contributed by atoms with Crippen LogP contribution in [0.3, 0.4) is 0 Å². The van der Waals surface area contributed by atoms with Crippen molar-refractivity contribution in [1.82, 2.24) is 14.9 Å². The molecule has 2 heterocycles. The molecule has 10 nitrogen and oxygen atoms in total. The van der Waals surface area contributed by atoms with Gasteiger partial charge in [0, 0.05) is 29.8 Å². The van der Waals surface area contributed by atoms with Gasteiger partial charge in [0.15, 0.2) is 28.7 Å². The van der Waals surface area contributed by atoms with Crippen molar-refractivity contribution in [3.05, 3.63) is 41.2 Å². The first-order valence-corrected chi connectivity index (χ1v) is 13.2. The predicted octanol–water partition coefficient (Wildman–Crippen LogP) is 5.27.